The topological polar surface area (TPSA) is 161 Å². The van der Waals surface area contributed by atoms with E-state index in [1.165, 1.54) is 4.90 Å². The smallest absolute Gasteiger partial charge is 0.244 e. The van der Waals surface area contributed by atoms with Crippen LogP contribution in [0, 0.1) is 45.8 Å². The second-order valence-electron chi connectivity index (χ2n) is 12.0. The number of nitrogens with one attached hydrogen (secondary N) is 2. The van der Waals surface area contributed by atoms with E-state index in [9.17, 15) is 24.9 Å². The molecule has 2 aliphatic heterocycles. The van der Waals surface area contributed by atoms with Crippen LogP contribution in [0.1, 0.15) is 60.3 Å². The molecule has 0 unspecified atom stereocenters. The standard InChI is InChI=1S/C25H36N6O4/c1-13(35-25(12-27)6-7-25)18(28)22(34)31-11-16-17(24(16,4)5)19(31)21(33)29-15(10-26)8-14-9-23(2,3)30-20(14)32/h13-19H,6-9,11,28H2,1-5H3,(H,29,33)(H,30,32)/t13-,14-,15+,16+,17+,18+,19+/m1/s1. The van der Waals surface area contributed by atoms with Crippen LogP contribution in [0.15, 0.2) is 0 Å². The summed E-state index contributed by atoms with van der Waals surface area (Å²) in [5.41, 5.74) is 4.95. The molecule has 0 aromatic carbocycles. The average molecular weight is 485 g/mol. The molecule has 10 heteroatoms. The van der Waals surface area contributed by atoms with Crippen LogP contribution in [0.25, 0.3) is 0 Å². The van der Waals surface area contributed by atoms with Gasteiger partial charge in [0.15, 0.2) is 5.60 Å². The lowest BCUT2D eigenvalue weighted by molar-refractivity contribution is -0.144. The molecule has 0 aromatic heterocycles. The summed E-state index contributed by atoms with van der Waals surface area (Å²) >= 11 is 0. The van der Waals surface area contributed by atoms with Gasteiger partial charge in [0.1, 0.15) is 18.1 Å². The highest BCUT2D eigenvalue weighted by Gasteiger charge is 2.69. The predicted molar refractivity (Wildman–Crippen MR) is 125 cm³/mol. The maximum Gasteiger partial charge on any atom is 0.244 e. The first-order valence-corrected chi connectivity index (χ1v) is 12.4. The number of hydrogen-bond acceptors (Lipinski definition) is 7. The molecule has 0 aromatic rings. The molecule has 0 radical (unpaired) electrons. The minimum Gasteiger partial charge on any atom is -0.355 e. The van der Waals surface area contributed by atoms with E-state index in [4.69, 9.17) is 10.5 Å². The Kier molecular flexibility index (Phi) is 6.14. The molecule has 4 aliphatic rings. The van der Waals surface area contributed by atoms with Gasteiger partial charge in [-0.1, -0.05) is 13.8 Å². The normalized spacial score (nSPS) is 33.4. The summed E-state index contributed by atoms with van der Waals surface area (Å²) in [4.78, 5) is 40.6. The van der Waals surface area contributed by atoms with Gasteiger partial charge in [0.2, 0.25) is 17.7 Å². The van der Waals surface area contributed by atoms with Crippen molar-refractivity contribution in [2.24, 2.45) is 28.9 Å². The van der Waals surface area contributed by atoms with Gasteiger partial charge < -0.3 is 26.0 Å². The molecule has 7 atom stereocenters. The van der Waals surface area contributed by atoms with E-state index < -0.39 is 35.7 Å². The zero-order chi connectivity index (χ0) is 25.9. The number of likely N-dealkylation sites (tertiary alicyclic amines) is 1. The van der Waals surface area contributed by atoms with E-state index in [0.717, 1.165) is 0 Å². The van der Waals surface area contributed by atoms with E-state index in [2.05, 4.69) is 36.6 Å². The third-order valence-electron chi connectivity index (χ3n) is 8.45. The van der Waals surface area contributed by atoms with Gasteiger partial charge in [-0.15, -0.1) is 0 Å². The molecule has 4 rings (SSSR count). The van der Waals surface area contributed by atoms with Crippen LogP contribution in [0.4, 0.5) is 0 Å². The molecule has 3 amide bonds. The van der Waals surface area contributed by atoms with Crippen LogP contribution in [-0.2, 0) is 19.1 Å². The van der Waals surface area contributed by atoms with Crippen molar-refractivity contribution in [3.8, 4) is 12.1 Å². The zero-order valence-corrected chi connectivity index (χ0v) is 21.1. The fourth-order valence-corrected chi connectivity index (χ4v) is 6.08. The van der Waals surface area contributed by atoms with Gasteiger partial charge in [-0.05, 0) is 63.7 Å². The molecule has 2 saturated heterocycles. The van der Waals surface area contributed by atoms with Gasteiger partial charge >= 0.3 is 0 Å². The molecule has 10 nitrogen and oxygen atoms in total. The maximum absolute atomic E-state index is 13.4. The van der Waals surface area contributed by atoms with Crippen molar-refractivity contribution >= 4 is 17.7 Å². The van der Waals surface area contributed by atoms with Gasteiger partial charge in [-0.25, -0.2) is 0 Å². The monoisotopic (exact) mass is 484 g/mol. The van der Waals surface area contributed by atoms with Crippen LogP contribution < -0.4 is 16.4 Å². The number of rotatable bonds is 8. The lowest BCUT2D eigenvalue weighted by Gasteiger charge is -2.34. The Morgan fingerprint density at radius 1 is 1.29 bits per heavy atom. The van der Waals surface area contributed by atoms with Crippen LogP contribution in [0.3, 0.4) is 0 Å². The highest BCUT2D eigenvalue weighted by atomic mass is 16.5. The number of nitrogens with two attached hydrogens (primary N) is 1. The Morgan fingerprint density at radius 3 is 2.46 bits per heavy atom. The average Bonchev–Trinajstić information content (AvgIpc) is 3.54. The summed E-state index contributed by atoms with van der Waals surface area (Å²) in [5.74, 6) is -1.12. The van der Waals surface area contributed by atoms with Gasteiger partial charge in [-0.2, -0.15) is 10.5 Å². The number of piperidine rings is 1. The summed E-state index contributed by atoms with van der Waals surface area (Å²) in [6.07, 6.45) is 1.37. The van der Waals surface area contributed by atoms with Gasteiger partial charge in [0, 0.05) is 18.0 Å². The SMILES string of the molecule is C[C@@H](OC1(C#N)CC1)[C@H](N)C(=O)N1C[C@H]2[C@@H]([C@H]1C(=O)N[C@H](C#N)C[C@@H]1CC(C)(C)NC1=O)C2(C)C. The molecule has 190 valence electrons. The third-order valence-corrected chi connectivity index (χ3v) is 8.45. The van der Waals surface area contributed by atoms with Crippen molar-refractivity contribution < 1.29 is 19.1 Å². The number of carbonyl (C=O) groups is 3. The summed E-state index contributed by atoms with van der Waals surface area (Å²) < 4.78 is 5.78. The first kappa shape index (κ1) is 25.4. The number of nitriles is 2. The van der Waals surface area contributed by atoms with Crippen molar-refractivity contribution in [1.82, 2.24) is 15.5 Å². The predicted octanol–water partition coefficient (Wildman–Crippen LogP) is 0.571. The van der Waals surface area contributed by atoms with E-state index in [0.29, 0.717) is 25.8 Å². The highest BCUT2D eigenvalue weighted by Crippen LogP contribution is 2.65. The molecule has 2 aliphatic carbocycles. The van der Waals surface area contributed by atoms with E-state index in [-0.39, 0.29) is 46.9 Å². The number of ether oxygens (including phenoxy) is 1. The fourth-order valence-electron chi connectivity index (χ4n) is 6.08. The fraction of sp³-hybridized carbons (Fsp3) is 0.800. The van der Waals surface area contributed by atoms with E-state index in [1.807, 2.05) is 13.8 Å². The van der Waals surface area contributed by atoms with Crippen LogP contribution >= 0.6 is 0 Å². The second kappa shape index (κ2) is 8.46. The molecule has 0 bridgehead atoms. The second-order valence-corrected chi connectivity index (χ2v) is 12.0. The first-order chi connectivity index (χ1) is 16.2. The molecule has 4 fully saturated rings. The molecular weight excluding hydrogens is 448 g/mol. The third kappa shape index (κ3) is 4.62. The largest absolute Gasteiger partial charge is 0.355 e. The molecule has 4 N–H and O–H groups in total. The lowest BCUT2D eigenvalue weighted by Crippen LogP contribution is -2.58. The summed E-state index contributed by atoms with van der Waals surface area (Å²) in [6.45, 7) is 10.1. The highest BCUT2D eigenvalue weighted by molar-refractivity contribution is 5.92. The maximum atomic E-state index is 13.4. The van der Waals surface area contributed by atoms with E-state index in [1.54, 1.807) is 6.92 Å². The number of carbonyl (C=O) groups excluding carboxylic acids is 3. The zero-order valence-electron chi connectivity index (χ0n) is 21.1. The molecule has 2 saturated carbocycles. The first-order valence-electron chi connectivity index (χ1n) is 12.4. The molecule has 0 spiro atoms. The van der Waals surface area contributed by atoms with Crippen LogP contribution in [0.2, 0.25) is 0 Å². The van der Waals surface area contributed by atoms with Crippen molar-refractivity contribution in [2.75, 3.05) is 6.54 Å². The lowest BCUT2D eigenvalue weighted by atomic mass is 9.91. The Morgan fingerprint density at radius 2 is 1.94 bits per heavy atom. The van der Waals surface area contributed by atoms with Crippen LogP contribution in [-0.4, -0.2) is 64.5 Å². The number of hydrogen-bond donors (Lipinski definition) is 3. The quantitative estimate of drug-likeness (QED) is 0.454. The summed E-state index contributed by atoms with van der Waals surface area (Å²) in [7, 11) is 0. The Balaban J connectivity index is 1.44. The number of amides is 3. The molecular formula is C25H36N6O4. The summed E-state index contributed by atoms with van der Waals surface area (Å²) in [6, 6.07) is 1.66. The van der Waals surface area contributed by atoms with E-state index >= 15 is 0 Å². The van der Waals surface area contributed by atoms with Crippen LogP contribution in [0.5, 0.6) is 0 Å². The molecule has 2 heterocycles. The number of nitrogens with zero attached hydrogens (tertiary/aromatic N) is 3. The number of fused-ring (bicyclic) bond motifs is 1. The summed E-state index contributed by atoms with van der Waals surface area (Å²) in [5, 5.41) is 24.7. The van der Waals surface area contributed by atoms with Crippen molar-refractivity contribution in [1.29, 1.82) is 10.5 Å². The van der Waals surface area contributed by atoms with Gasteiger partial charge in [-0.3, -0.25) is 14.4 Å². The molecule has 35 heavy (non-hydrogen) atoms. The van der Waals surface area contributed by atoms with Gasteiger partial charge in [0.25, 0.3) is 0 Å². The minimum absolute atomic E-state index is 0.0307. The minimum atomic E-state index is -1.01. The Labute approximate surface area is 206 Å². The Hall–Kier alpha value is -2.69. The van der Waals surface area contributed by atoms with Crippen molar-refractivity contribution in [3.63, 3.8) is 0 Å². The Bertz CT molecular complexity index is 1010. The van der Waals surface area contributed by atoms with Gasteiger partial charge in [0.05, 0.1) is 18.2 Å². The van der Waals surface area contributed by atoms with Crippen molar-refractivity contribution in [3.05, 3.63) is 0 Å². The van der Waals surface area contributed by atoms with Crippen molar-refractivity contribution in [2.45, 2.75) is 95.7 Å².